The van der Waals surface area contributed by atoms with Gasteiger partial charge in [0.2, 0.25) is 5.91 Å². The molecule has 0 aliphatic rings. The molecule has 0 saturated heterocycles. The second-order valence-corrected chi connectivity index (χ2v) is 6.42. The van der Waals surface area contributed by atoms with E-state index >= 15 is 0 Å². The Labute approximate surface area is 153 Å². The second kappa shape index (κ2) is 9.28. The summed E-state index contributed by atoms with van der Waals surface area (Å²) in [6.07, 6.45) is 0.222. The molecule has 2 N–H and O–H groups in total. The minimum Gasteiger partial charge on any atom is -0.354 e. The van der Waals surface area contributed by atoms with Crippen molar-refractivity contribution in [2.75, 3.05) is 13.1 Å². The molecule has 0 aliphatic carbocycles. The number of carbonyl (C=O) groups is 2. The maximum atomic E-state index is 12.5. The summed E-state index contributed by atoms with van der Waals surface area (Å²) >= 11 is -0.330. The lowest BCUT2D eigenvalue weighted by Crippen LogP contribution is -2.35. The van der Waals surface area contributed by atoms with Crippen LogP contribution in [0.15, 0.2) is 59.5 Å². The highest BCUT2D eigenvalue weighted by Crippen LogP contribution is 2.38. The summed E-state index contributed by atoms with van der Waals surface area (Å²) in [5, 5.41) is 5.16. The molecule has 0 unspecified atom stereocenters. The molecule has 2 rings (SSSR count). The molecule has 2 aromatic carbocycles. The molecular weight excluding hydrogens is 365 g/mol. The van der Waals surface area contributed by atoms with Crippen molar-refractivity contribution in [2.45, 2.75) is 16.8 Å². The predicted molar refractivity (Wildman–Crippen MR) is 93.8 cm³/mol. The Morgan fingerprint density at radius 3 is 2.19 bits per heavy atom. The zero-order valence-electron chi connectivity index (χ0n) is 13.7. The van der Waals surface area contributed by atoms with Crippen LogP contribution in [0.2, 0.25) is 0 Å². The number of thioether (sulfide) groups is 1. The van der Waals surface area contributed by atoms with Gasteiger partial charge in [0.1, 0.15) is 0 Å². The van der Waals surface area contributed by atoms with Gasteiger partial charge in [0.15, 0.2) is 0 Å². The monoisotopic (exact) mass is 382 g/mol. The fourth-order valence-corrected chi connectivity index (χ4v) is 2.85. The topological polar surface area (TPSA) is 58.2 Å². The molecule has 26 heavy (non-hydrogen) atoms. The normalized spacial score (nSPS) is 11.0. The van der Waals surface area contributed by atoms with Crippen molar-refractivity contribution < 1.29 is 22.8 Å². The van der Waals surface area contributed by atoms with Gasteiger partial charge in [-0.2, -0.15) is 13.2 Å². The zero-order chi connectivity index (χ0) is 19.0. The van der Waals surface area contributed by atoms with Crippen LogP contribution in [-0.2, 0) is 11.2 Å². The smallest absolute Gasteiger partial charge is 0.354 e. The van der Waals surface area contributed by atoms with Crippen molar-refractivity contribution in [3.8, 4) is 0 Å². The van der Waals surface area contributed by atoms with Gasteiger partial charge in [-0.25, -0.2) is 0 Å². The molecule has 0 bridgehead atoms. The SMILES string of the molecule is O=C(Cc1ccccc1)NCCNC(=O)c1ccccc1SC(F)(F)F. The molecule has 0 fully saturated rings. The molecule has 0 saturated carbocycles. The molecule has 2 aromatic rings. The quantitative estimate of drug-likeness (QED) is 0.570. The summed E-state index contributed by atoms with van der Waals surface area (Å²) in [6.45, 7) is 0.302. The Balaban J connectivity index is 1.79. The number of amides is 2. The van der Waals surface area contributed by atoms with E-state index < -0.39 is 11.4 Å². The third-order valence-electron chi connectivity index (χ3n) is 3.30. The van der Waals surface area contributed by atoms with Crippen LogP contribution in [0.1, 0.15) is 15.9 Å². The number of alkyl halides is 3. The van der Waals surface area contributed by atoms with Gasteiger partial charge < -0.3 is 10.6 Å². The van der Waals surface area contributed by atoms with Crippen LogP contribution in [-0.4, -0.2) is 30.4 Å². The molecule has 0 aromatic heterocycles. The van der Waals surface area contributed by atoms with E-state index in [-0.39, 0.29) is 47.6 Å². The first kappa shape index (κ1) is 19.8. The summed E-state index contributed by atoms with van der Waals surface area (Å²) in [5.41, 5.74) is -3.65. The number of hydrogen-bond acceptors (Lipinski definition) is 3. The van der Waals surface area contributed by atoms with Crippen molar-refractivity contribution in [1.29, 1.82) is 0 Å². The van der Waals surface area contributed by atoms with Crippen molar-refractivity contribution in [3.05, 3.63) is 65.7 Å². The molecule has 138 valence electrons. The van der Waals surface area contributed by atoms with Gasteiger partial charge in [-0.1, -0.05) is 42.5 Å². The molecule has 2 amide bonds. The average molecular weight is 382 g/mol. The summed E-state index contributed by atoms with van der Waals surface area (Å²) in [6, 6.07) is 14.7. The number of carbonyl (C=O) groups excluding carboxylic acids is 2. The van der Waals surface area contributed by atoms with Crippen LogP contribution in [0.25, 0.3) is 0 Å². The Bertz CT molecular complexity index is 752. The standard InChI is InChI=1S/C18H17F3N2O2S/c19-18(20,21)26-15-9-5-4-8-14(15)17(25)23-11-10-22-16(24)12-13-6-2-1-3-7-13/h1-9H,10-12H2,(H,22,24)(H,23,25). The number of rotatable bonds is 7. The van der Waals surface area contributed by atoms with Crippen molar-refractivity contribution in [1.82, 2.24) is 10.6 Å². The van der Waals surface area contributed by atoms with E-state index in [2.05, 4.69) is 10.6 Å². The third kappa shape index (κ3) is 6.79. The lowest BCUT2D eigenvalue weighted by Gasteiger charge is -2.11. The maximum absolute atomic E-state index is 12.5. The number of nitrogens with one attached hydrogen (secondary N) is 2. The molecular formula is C18H17F3N2O2S. The van der Waals surface area contributed by atoms with Gasteiger partial charge >= 0.3 is 5.51 Å². The van der Waals surface area contributed by atoms with Gasteiger partial charge in [-0.3, -0.25) is 9.59 Å². The number of halogens is 3. The minimum atomic E-state index is -4.47. The molecule has 4 nitrogen and oxygen atoms in total. The van der Waals surface area contributed by atoms with Crippen molar-refractivity contribution >= 4 is 23.6 Å². The first-order chi connectivity index (χ1) is 12.3. The van der Waals surface area contributed by atoms with Gasteiger partial charge in [0.05, 0.1) is 12.0 Å². The van der Waals surface area contributed by atoms with Crippen LogP contribution < -0.4 is 10.6 Å². The lowest BCUT2D eigenvalue weighted by molar-refractivity contribution is -0.120. The molecule has 0 spiro atoms. The number of benzene rings is 2. The van der Waals surface area contributed by atoms with Crippen LogP contribution in [0.5, 0.6) is 0 Å². The van der Waals surface area contributed by atoms with E-state index in [1.54, 1.807) is 0 Å². The van der Waals surface area contributed by atoms with Gasteiger partial charge in [0, 0.05) is 18.0 Å². The van der Waals surface area contributed by atoms with Crippen LogP contribution in [0, 0.1) is 0 Å². The second-order valence-electron chi connectivity index (χ2n) is 5.31. The molecule has 8 heteroatoms. The Morgan fingerprint density at radius 2 is 1.50 bits per heavy atom. The zero-order valence-corrected chi connectivity index (χ0v) is 14.5. The number of hydrogen-bond donors (Lipinski definition) is 2. The first-order valence-corrected chi connectivity index (χ1v) is 8.60. The fraction of sp³-hybridized carbons (Fsp3) is 0.222. The lowest BCUT2D eigenvalue weighted by atomic mass is 10.1. The van der Waals surface area contributed by atoms with Gasteiger partial charge in [0.25, 0.3) is 5.91 Å². The highest BCUT2D eigenvalue weighted by molar-refractivity contribution is 8.00. The van der Waals surface area contributed by atoms with Crippen molar-refractivity contribution in [3.63, 3.8) is 0 Å². The van der Waals surface area contributed by atoms with E-state index in [9.17, 15) is 22.8 Å². The maximum Gasteiger partial charge on any atom is 0.446 e. The summed E-state index contributed by atoms with van der Waals surface area (Å²) in [4.78, 5) is 23.7. The van der Waals surface area contributed by atoms with Crippen molar-refractivity contribution in [2.24, 2.45) is 0 Å². The average Bonchev–Trinajstić information content (AvgIpc) is 2.58. The van der Waals surface area contributed by atoms with Gasteiger partial charge in [-0.05, 0) is 29.5 Å². The van der Waals surface area contributed by atoms with E-state index in [0.717, 1.165) is 5.56 Å². The molecule has 0 heterocycles. The molecule has 0 atom stereocenters. The Hall–Kier alpha value is -2.48. The summed E-state index contributed by atoms with van der Waals surface area (Å²) in [5.74, 6) is -0.812. The third-order valence-corrected chi connectivity index (χ3v) is 4.10. The van der Waals surface area contributed by atoms with E-state index in [1.165, 1.54) is 24.3 Å². The van der Waals surface area contributed by atoms with Crippen LogP contribution >= 0.6 is 11.8 Å². The van der Waals surface area contributed by atoms with E-state index in [4.69, 9.17) is 0 Å². The predicted octanol–water partition coefficient (Wildman–Crippen LogP) is 3.39. The first-order valence-electron chi connectivity index (χ1n) is 7.79. The largest absolute Gasteiger partial charge is 0.446 e. The molecule has 0 aliphatic heterocycles. The summed E-state index contributed by atoms with van der Waals surface area (Å²) < 4.78 is 37.6. The van der Waals surface area contributed by atoms with Crippen LogP contribution in [0.4, 0.5) is 13.2 Å². The highest BCUT2D eigenvalue weighted by atomic mass is 32.2. The van der Waals surface area contributed by atoms with E-state index in [0.29, 0.717) is 0 Å². The van der Waals surface area contributed by atoms with Crippen LogP contribution in [0.3, 0.4) is 0 Å². The Kier molecular flexibility index (Phi) is 7.08. The molecule has 0 radical (unpaired) electrons. The Morgan fingerprint density at radius 1 is 0.885 bits per heavy atom. The van der Waals surface area contributed by atoms with Gasteiger partial charge in [-0.15, -0.1) is 0 Å². The minimum absolute atomic E-state index is 0.0505. The van der Waals surface area contributed by atoms with E-state index in [1.807, 2.05) is 30.3 Å². The highest BCUT2D eigenvalue weighted by Gasteiger charge is 2.31. The summed E-state index contributed by atoms with van der Waals surface area (Å²) in [7, 11) is 0. The fourth-order valence-electron chi connectivity index (χ4n) is 2.18.